The fraction of sp³-hybridized carbons (Fsp3) is 1.00. The molecule has 18 heavy (non-hydrogen) atoms. The Bertz CT molecular complexity index is 359. The van der Waals surface area contributed by atoms with Gasteiger partial charge in [0.05, 0.1) is 17.1 Å². The van der Waals surface area contributed by atoms with Crippen molar-refractivity contribution in [3.8, 4) is 0 Å². The van der Waals surface area contributed by atoms with Gasteiger partial charge in [-0.15, -0.1) is 0 Å². The van der Waals surface area contributed by atoms with E-state index in [2.05, 4.69) is 26.1 Å². The van der Waals surface area contributed by atoms with Gasteiger partial charge in [-0.1, -0.05) is 27.7 Å². The average Bonchev–Trinajstić information content (AvgIpc) is 2.63. The molecule has 0 radical (unpaired) electrons. The van der Waals surface area contributed by atoms with Crippen molar-refractivity contribution in [2.24, 2.45) is 5.41 Å². The summed E-state index contributed by atoms with van der Waals surface area (Å²) < 4.78 is 30.3. The fourth-order valence-corrected chi connectivity index (χ4v) is 4.85. The van der Waals surface area contributed by atoms with E-state index in [9.17, 15) is 8.42 Å². The second-order valence-electron chi connectivity index (χ2n) is 6.21. The molecule has 0 aromatic heterocycles. The van der Waals surface area contributed by atoms with E-state index in [4.69, 9.17) is 4.74 Å². The Morgan fingerprint density at radius 3 is 2.39 bits per heavy atom. The van der Waals surface area contributed by atoms with E-state index in [1.807, 2.05) is 13.8 Å². The van der Waals surface area contributed by atoms with Gasteiger partial charge in [0.1, 0.15) is 0 Å². The number of hydrogen-bond donors (Lipinski definition) is 1. The zero-order valence-electron chi connectivity index (χ0n) is 12.2. The molecule has 1 N–H and O–H groups in total. The van der Waals surface area contributed by atoms with Gasteiger partial charge >= 0.3 is 0 Å². The minimum atomic E-state index is -3.10. The first-order valence-electron chi connectivity index (χ1n) is 6.75. The minimum Gasteiger partial charge on any atom is -0.377 e. The van der Waals surface area contributed by atoms with Gasteiger partial charge in [-0.2, -0.15) is 0 Å². The first-order chi connectivity index (χ1) is 8.18. The molecule has 1 heterocycles. The Balaban J connectivity index is 2.79. The molecule has 4 nitrogen and oxygen atoms in total. The summed E-state index contributed by atoms with van der Waals surface area (Å²) in [5.74, 6) is 0.197. The smallest absolute Gasteiger partial charge is 0.157 e. The van der Waals surface area contributed by atoms with E-state index in [0.29, 0.717) is 13.0 Å². The third-order valence-corrected chi connectivity index (χ3v) is 6.00. The lowest BCUT2D eigenvalue weighted by Gasteiger charge is -2.32. The lowest BCUT2D eigenvalue weighted by atomic mass is 9.88. The topological polar surface area (TPSA) is 55.4 Å². The maximum Gasteiger partial charge on any atom is 0.157 e. The highest BCUT2D eigenvalue weighted by Crippen LogP contribution is 2.26. The molecule has 0 aromatic carbocycles. The normalized spacial score (nSPS) is 27.4. The highest BCUT2D eigenvalue weighted by Gasteiger charge is 2.39. The summed E-state index contributed by atoms with van der Waals surface area (Å²) in [6.07, 6.45) is 0.462. The van der Waals surface area contributed by atoms with Gasteiger partial charge in [-0.25, -0.2) is 8.42 Å². The predicted molar refractivity (Wildman–Crippen MR) is 74.5 cm³/mol. The van der Waals surface area contributed by atoms with Crippen molar-refractivity contribution in [3.63, 3.8) is 0 Å². The summed E-state index contributed by atoms with van der Waals surface area (Å²) in [5, 5.41) is 2.96. The van der Waals surface area contributed by atoms with Crippen LogP contribution < -0.4 is 5.32 Å². The summed E-state index contributed by atoms with van der Waals surface area (Å²) in [7, 11) is -3.10. The molecule has 1 fully saturated rings. The quantitative estimate of drug-likeness (QED) is 0.829. The summed E-state index contributed by atoms with van der Waals surface area (Å²) in [4.78, 5) is 0. The summed E-state index contributed by atoms with van der Waals surface area (Å²) in [5.41, 5.74) is -0.0637. The van der Waals surface area contributed by atoms with Gasteiger partial charge in [-0.3, -0.25) is 0 Å². The van der Waals surface area contributed by atoms with Crippen LogP contribution in [0.5, 0.6) is 0 Å². The molecule has 1 saturated heterocycles. The molecule has 3 unspecified atom stereocenters. The summed E-state index contributed by atoms with van der Waals surface area (Å²) in [6, 6.07) is -0.0136. The minimum absolute atomic E-state index is 0.0136. The van der Waals surface area contributed by atoms with Gasteiger partial charge in [0.15, 0.2) is 9.84 Å². The van der Waals surface area contributed by atoms with Crippen molar-refractivity contribution in [3.05, 3.63) is 0 Å². The van der Waals surface area contributed by atoms with E-state index in [0.717, 1.165) is 6.54 Å². The van der Waals surface area contributed by atoms with Crippen LogP contribution in [0.3, 0.4) is 0 Å². The molecule has 1 aliphatic rings. The second kappa shape index (κ2) is 5.88. The maximum absolute atomic E-state index is 12.5. The average molecular weight is 277 g/mol. The van der Waals surface area contributed by atoms with Crippen molar-refractivity contribution < 1.29 is 13.2 Å². The Labute approximate surface area is 111 Å². The van der Waals surface area contributed by atoms with Crippen molar-refractivity contribution in [1.29, 1.82) is 0 Å². The molecule has 5 heteroatoms. The number of rotatable bonds is 5. The van der Waals surface area contributed by atoms with Gasteiger partial charge < -0.3 is 10.1 Å². The predicted octanol–water partition coefficient (Wildman–Crippen LogP) is 1.60. The van der Waals surface area contributed by atoms with Gasteiger partial charge in [0, 0.05) is 12.6 Å². The maximum atomic E-state index is 12.5. The van der Waals surface area contributed by atoms with Crippen LogP contribution in [-0.4, -0.2) is 44.7 Å². The van der Waals surface area contributed by atoms with Crippen molar-refractivity contribution in [1.82, 2.24) is 5.32 Å². The number of hydrogen-bond acceptors (Lipinski definition) is 4. The SMILES string of the molecule is CCNC(CS(=O)(=O)C1CCOC1C)C(C)(C)C. The van der Waals surface area contributed by atoms with Crippen LogP contribution in [0, 0.1) is 5.41 Å². The lowest BCUT2D eigenvalue weighted by molar-refractivity contribution is 0.126. The Morgan fingerprint density at radius 1 is 1.39 bits per heavy atom. The van der Waals surface area contributed by atoms with Crippen LogP contribution in [0.4, 0.5) is 0 Å². The molecule has 1 rings (SSSR count). The Kier molecular flexibility index (Phi) is 5.21. The lowest BCUT2D eigenvalue weighted by Crippen LogP contribution is -2.47. The first-order valence-corrected chi connectivity index (χ1v) is 8.46. The third kappa shape index (κ3) is 3.93. The van der Waals surface area contributed by atoms with E-state index in [1.165, 1.54) is 0 Å². The van der Waals surface area contributed by atoms with Crippen LogP contribution in [0.15, 0.2) is 0 Å². The molecule has 0 bridgehead atoms. The third-order valence-electron chi connectivity index (χ3n) is 3.66. The van der Waals surface area contributed by atoms with Crippen LogP contribution >= 0.6 is 0 Å². The van der Waals surface area contributed by atoms with Crippen LogP contribution in [0.2, 0.25) is 0 Å². The molecule has 108 valence electrons. The molecule has 0 aliphatic carbocycles. The number of nitrogens with one attached hydrogen (secondary N) is 1. The van der Waals surface area contributed by atoms with Gasteiger partial charge in [0.2, 0.25) is 0 Å². The molecule has 0 amide bonds. The number of sulfone groups is 1. The molecular formula is C13H27NO3S. The number of ether oxygens (including phenoxy) is 1. The van der Waals surface area contributed by atoms with Crippen molar-refractivity contribution in [2.45, 2.75) is 58.4 Å². The molecule has 0 saturated carbocycles. The standard InChI is InChI=1S/C13H27NO3S/c1-6-14-12(13(3,4)5)9-18(15,16)11-7-8-17-10(11)2/h10-12,14H,6-9H2,1-5H3. The van der Waals surface area contributed by atoms with Crippen molar-refractivity contribution >= 4 is 9.84 Å². The monoisotopic (exact) mass is 277 g/mol. The molecule has 0 aromatic rings. The first kappa shape index (κ1) is 15.9. The highest BCUT2D eigenvalue weighted by atomic mass is 32.2. The van der Waals surface area contributed by atoms with Crippen molar-refractivity contribution in [2.75, 3.05) is 18.9 Å². The molecule has 1 aliphatic heterocycles. The van der Waals surface area contributed by atoms with Crippen LogP contribution in [0.1, 0.15) is 41.0 Å². The molecule has 0 spiro atoms. The van der Waals surface area contributed by atoms with E-state index in [1.54, 1.807) is 0 Å². The van der Waals surface area contributed by atoms with Gasteiger partial charge in [0.25, 0.3) is 0 Å². The fourth-order valence-electron chi connectivity index (χ4n) is 2.40. The largest absolute Gasteiger partial charge is 0.377 e. The van der Waals surface area contributed by atoms with Gasteiger partial charge in [-0.05, 0) is 25.3 Å². The zero-order valence-corrected chi connectivity index (χ0v) is 13.0. The van der Waals surface area contributed by atoms with Crippen LogP contribution in [0.25, 0.3) is 0 Å². The summed E-state index contributed by atoms with van der Waals surface area (Å²) >= 11 is 0. The second-order valence-corrected chi connectivity index (χ2v) is 8.47. The Hall–Kier alpha value is -0.130. The van der Waals surface area contributed by atoms with E-state index >= 15 is 0 Å². The van der Waals surface area contributed by atoms with E-state index < -0.39 is 9.84 Å². The highest BCUT2D eigenvalue weighted by molar-refractivity contribution is 7.92. The van der Waals surface area contributed by atoms with Crippen LogP contribution in [-0.2, 0) is 14.6 Å². The molecule has 3 atom stereocenters. The van der Waals surface area contributed by atoms with E-state index in [-0.39, 0.29) is 28.6 Å². The molecular weight excluding hydrogens is 250 g/mol. The summed E-state index contributed by atoms with van der Waals surface area (Å²) in [6.45, 7) is 11.4. The zero-order chi connectivity index (χ0) is 14.0. The Morgan fingerprint density at radius 2 is 2.00 bits per heavy atom.